The van der Waals surface area contributed by atoms with Gasteiger partial charge in [-0.1, -0.05) is 13.8 Å². The molecule has 1 rings (SSSR count). The predicted molar refractivity (Wildman–Crippen MR) is 43.6 cm³/mol. The molecule has 1 aliphatic rings. The van der Waals surface area contributed by atoms with Gasteiger partial charge in [-0.2, -0.15) is 0 Å². The number of hydrogen-bond acceptors (Lipinski definition) is 3. The third-order valence-corrected chi connectivity index (χ3v) is 1.95. The maximum Gasteiger partial charge on any atom is 0.417 e. The van der Waals surface area contributed by atoms with E-state index in [2.05, 4.69) is 6.58 Å². The SMILES string of the molecule is C=C(O)N1C(=O)OC[C@@H]1C(C)C. The molecule has 0 bridgehead atoms. The smallest absolute Gasteiger partial charge is 0.417 e. The molecule has 0 aliphatic carbocycles. The molecule has 0 aromatic carbocycles. The summed E-state index contributed by atoms with van der Waals surface area (Å²) in [5.74, 6) is 0.0107. The van der Waals surface area contributed by atoms with Crippen molar-refractivity contribution in [1.82, 2.24) is 4.90 Å². The fourth-order valence-corrected chi connectivity index (χ4v) is 1.22. The number of aliphatic hydroxyl groups is 1. The second-order valence-electron chi connectivity index (χ2n) is 3.17. The van der Waals surface area contributed by atoms with Crippen LogP contribution in [0.2, 0.25) is 0 Å². The highest BCUT2D eigenvalue weighted by molar-refractivity contribution is 5.71. The molecule has 0 unspecified atom stereocenters. The number of carbonyl (C=O) groups excluding carboxylic acids is 1. The van der Waals surface area contributed by atoms with Crippen LogP contribution in [0.15, 0.2) is 12.5 Å². The number of nitrogens with zero attached hydrogens (tertiary/aromatic N) is 1. The van der Waals surface area contributed by atoms with E-state index < -0.39 is 6.09 Å². The van der Waals surface area contributed by atoms with Crippen LogP contribution in [0.1, 0.15) is 13.8 Å². The van der Waals surface area contributed by atoms with E-state index in [-0.39, 0.29) is 17.8 Å². The highest BCUT2D eigenvalue weighted by Crippen LogP contribution is 2.21. The zero-order chi connectivity index (χ0) is 9.30. The summed E-state index contributed by atoms with van der Waals surface area (Å²) in [6, 6.07) is -0.0880. The summed E-state index contributed by atoms with van der Waals surface area (Å²) >= 11 is 0. The van der Waals surface area contributed by atoms with E-state index in [1.807, 2.05) is 13.8 Å². The molecule has 68 valence electrons. The van der Waals surface area contributed by atoms with Crippen LogP contribution in [0, 0.1) is 5.92 Å². The Morgan fingerprint density at radius 1 is 1.83 bits per heavy atom. The molecule has 0 spiro atoms. The van der Waals surface area contributed by atoms with E-state index >= 15 is 0 Å². The fraction of sp³-hybridized carbons (Fsp3) is 0.625. The zero-order valence-electron chi connectivity index (χ0n) is 7.28. The maximum atomic E-state index is 11.0. The van der Waals surface area contributed by atoms with Gasteiger partial charge in [-0.05, 0) is 12.5 Å². The Hall–Kier alpha value is -1.19. The van der Waals surface area contributed by atoms with Gasteiger partial charge in [0.15, 0.2) is 5.88 Å². The van der Waals surface area contributed by atoms with Gasteiger partial charge in [0.1, 0.15) is 6.61 Å². The zero-order valence-corrected chi connectivity index (χ0v) is 7.28. The molecule has 1 saturated heterocycles. The Kier molecular flexibility index (Phi) is 2.26. The van der Waals surface area contributed by atoms with Crippen molar-refractivity contribution in [2.24, 2.45) is 5.92 Å². The number of aliphatic hydroxyl groups excluding tert-OH is 1. The standard InChI is InChI=1S/C8H13NO3/c1-5(2)7-4-12-8(11)9(7)6(3)10/h5,7,10H,3-4H2,1-2H3/t7-/m1/s1. The summed E-state index contributed by atoms with van der Waals surface area (Å²) < 4.78 is 4.77. The normalized spacial score (nSPS) is 23.1. The first kappa shape index (κ1) is 8.90. The monoisotopic (exact) mass is 171 g/mol. The maximum absolute atomic E-state index is 11.0. The second kappa shape index (κ2) is 3.05. The van der Waals surface area contributed by atoms with Crippen LogP contribution in [0.4, 0.5) is 4.79 Å². The number of ether oxygens (including phenoxy) is 1. The average Bonchev–Trinajstić information content (AvgIpc) is 2.30. The van der Waals surface area contributed by atoms with Gasteiger partial charge in [-0.15, -0.1) is 0 Å². The van der Waals surface area contributed by atoms with Crippen molar-refractivity contribution in [3.63, 3.8) is 0 Å². The average molecular weight is 171 g/mol. The third kappa shape index (κ3) is 1.37. The minimum absolute atomic E-state index is 0.0880. The van der Waals surface area contributed by atoms with Gasteiger partial charge in [0.05, 0.1) is 6.04 Å². The number of amides is 1. The van der Waals surface area contributed by atoms with Crippen LogP contribution in [0.3, 0.4) is 0 Å². The fourth-order valence-electron chi connectivity index (χ4n) is 1.22. The summed E-state index contributed by atoms with van der Waals surface area (Å²) in [7, 11) is 0. The van der Waals surface area contributed by atoms with Crippen molar-refractivity contribution in [3.8, 4) is 0 Å². The summed E-state index contributed by atoms with van der Waals surface area (Å²) in [6.07, 6.45) is -0.513. The van der Waals surface area contributed by atoms with E-state index in [9.17, 15) is 4.79 Å². The topological polar surface area (TPSA) is 49.8 Å². The van der Waals surface area contributed by atoms with Gasteiger partial charge in [-0.25, -0.2) is 9.69 Å². The van der Waals surface area contributed by atoms with E-state index in [0.717, 1.165) is 0 Å². The molecule has 1 N–H and O–H groups in total. The van der Waals surface area contributed by atoms with Crippen LogP contribution in [0.25, 0.3) is 0 Å². The first-order chi connectivity index (χ1) is 5.54. The molecule has 0 aromatic rings. The van der Waals surface area contributed by atoms with Gasteiger partial charge in [0, 0.05) is 0 Å². The van der Waals surface area contributed by atoms with E-state index in [0.29, 0.717) is 6.61 Å². The molecule has 4 nitrogen and oxygen atoms in total. The lowest BCUT2D eigenvalue weighted by Gasteiger charge is -2.22. The molecule has 1 amide bonds. The Morgan fingerprint density at radius 2 is 2.42 bits per heavy atom. The van der Waals surface area contributed by atoms with Gasteiger partial charge < -0.3 is 9.84 Å². The lowest BCUT2D eigenvalue weighted by atomic mass is 10.1. The minimum atomic E-state index is -0.513. The Morgan fingerprint density at radius 3 is 2.75 bits per heavy atom. The van der Waals surface area contributed by atoms with Crippen LogP contribution in [0.5, 0.6) is 0 Å². The molecule has 0 aromatic heterocycles. The number of rotatable bonds is 2. The van der Waals surface area contributed by atoms with Crippen molar-refractivity contribution >= 4 is 6.09 Å². The van der Waals surface area contributed by atoms with Gasteiger partial charge >= 0.3 is 6.09 Å². The molecule has 1 heterocycles. The summed E-state index contributed by atoms with van der Waals surface area (Å²) in [5, 5.41) is 9.07. The van der Waals surface area contributed by atoms with Crippen LogP contribution < -0.4 is 0 Å². The van der Waals surface area contributed by atoms with Crippen molar-refractivity contribution in [2.45, 2.75) is 19.9 Å². The Labute approximate surface area is 71.4 Å². The van der Waals surface area contributed by atoms with Gasteiger partial charge in [0.25, 0.3) is 0 Å². The molecule has 0 radical (unpaired) electrons. The minimum Gasteiger partial charge on any atom is -0.495 e. The van der Waals surface area contributed by atoms with E-state index in [4.69, 9.17) is 9.84 Å². The molecule has 12 heavy (non-hydrogen) atoms. The quantitative estimate of drug-likeness (QED) is 0.640. The van der Waals surface area contributed by atoms with Gasteiger partial charge in [0.2, 0.25) is 0 Å². The summed E-state index contributed by atoms with van der Waals surface area (Å²) in [5.41, 5.74) is 0. The number of carbonyl (C=O) groups is 1. The summed E-state index contributed by atoms with van der Waals surface area (Å²) in [6.45, 7) is 7.55. The van der Waals surface area contributed by atoms with Crippen LogP contribution in [-0.4, -0.2) is 28.7 Å². The lowest BCUT2D eigenvalue weighted by molar-refractivity contribution is 0.147. The number of hydrogen-bond donors (Lipinski definition) is 1. The highest BCUT2D eigenvalue weighted by atomic mass is 16.6. The Bertz CT molecular complexity index is 212. The largest absolute Gasteiger partial charge is 0.495 e. The first-order valence-electron chi connectivity index (χ1n) is 3.88. The Balaban J connectivity index is 2.77. The van der Waals surface area contributed by atoms with E-state index in [1.54, 1.807) is 0 Å². The molecule has 1 aliphatic heterocycles. The van der Waals surface area contributed by atoms with Crippen LogP contribution >= 0.6 is 0 Å². The first-order valence-corrected chi connectivity index (χ1v) is 3.88. The van der Waals surface area contributed by atoms with E-state index in [1.165, 1.54) is 4.90 Å². The molecule has 1 fully saturated rings. The third-order valence-electron chi connectivity index (χ3n) is 1.95. The van der Waals surface area contributed by atoms with Crippen LogP contribution in [-0.2, 0) is 4.74 Å². The molecule has 1 atom stereocenters. The molecular formula is C8H13NO3. The van der Waals surface area contributed by atoms with Gasteiger partial charge in [-0.3, -0.25) is 0 Å². The van der Waals surface area contributed by atoms with Crippen molar-refractivity contribution in [3.05, 3.63) is 12.5 Å². The van der Waals surface area contributed by atoms with Crippen molar-refractivity contribution < 1.29 is 14.6 Å². The second-order valence-corrected chi connectivity index (χ2v) is 3.17. The summed E-state index contributed by atoms with van der Waals surface area (Å²) in [4.78, 5) is 12.2. The van der Waals surface area contributed by atoms with Crippen molar-refractivity contribution in [1.29, 1.82) is 0 Å². The highest BCUT2D eigenvalue weighted by Gasteiger charge is 2.36. The molecular weight excluding hydrogens is 158 g/mol. The molecule has 4 heteroatoms. The number of cyclic esters (lactones) is 1. The van der Waals surface area contributed by atoms with Crippen molar-refractivity contribution in [2.75, 3.05) is 6.61 Å². The molecule has 0 saturated carbocycles. The lowest BCUT2D eigenvalue weighted by Crippen LogP contribution is -2.35. The predicted octanol–water partition coefficient (Wildman–Crippen LogP) is 1.49.